The number of rotatable bonds is 3. The highest BCUT2D eigenvalue weighted by Crippen LogP contribution is 2.29. The van der Waals surface area contributed by atoms with Crippen molar-refractivity contribution in [1.82, 2.24) is 19.7 Å². The SMILES string of the molecule is O=c1cc2c(nn1C1COCC1Nc1ncnc3c1CCC3)CCSC2. The lowest BCUT2D eigenvalue weighted by molar-refractivity contribution is 0.182. The Balaban J connectivity index is 1.45. The summed E-state index contributed by atoms with van der Waals surface area (Å²) in [5.41, 5.74) is 4.44. The van der Waals surface area contributed by atoms with Crippen LogP contribution in [0.2, 0.25) is 0 Å². The second-order valence-corrected chi connectivity index (χ2v) is 8.16. The van der Waals surface area contributed by atoms with Gasteiger partial charge in [0.25, 0.3) is 5.56 Å². The maximum Gasteiger partial charge on any atom is 0.267 e. The molecule has 3 aliphatic rings. The van der Waals surface area contributed by atoms with Crippen LogP contribution in [0.25, 0.3) is 0 Å². The lowest BCUT2D eigenvalue weighted by Gasteiger charge is -2.23. The molecular formula is C18H21N5O2S. The average molecular weight is 371 g/mol. The van der Waals surface area contributed by atoms with Gasteiger partial charge >= 0.3 is 0 Å². The largest absolute Gasteiger partial charge is 0.377 e. The van der Waals surface area contributed by atoms with Crippen LogP contribution in [0.4, 0.5) is 5.82 Å². The Morgan fingerprint density at radius 1 is 1.19 bits per heavy atom. The first-order valence-corrected chi connectivity index (χ1v) is 10.3. The van der Waals surface area contributed by atoms with E-state index in [4.69, 9.17) is 9.84 Å². The molecule has 2 aromatic heterocycles. The van der Waals surface area contributed by atoms with Gasteiger partial charge in [0, 0.05) is 29.5 Å². The predicted molar refractivity (Wildman–Crippen MR) is 99.7 cm³/mol. The van der Waals surface area contributed by atoms with Gasteiger partial charge in [-0.25, -0.2) is 14.6 Å². The maximum absolute atomic E-state index is 12.6. The molecule has 8 heteroatoms. The first-order chi connectivity index (χ1) is 12.8. The van der Waals surface area contributed by atoms with Gasteiger partial charge in [0.15, 0.2) is 0 Å². The molecule has 0 spiro atoms. The average Bonchev–Trinajstić information content (AvgIpc) is 3.31. The van der Waals surface area contributed by atoms with Gasteiger partial charge in [-0.1, -0.05) is 0 Å². The summed E-state index contributed by atoms with van der Waals surface area (Å²) in [6.07, 6.45) is 5.69. The van der Waals surface area contributed by atoms with Gasteiger partial charge in [0.2, 0.25) is 0 Å². The first kappa shape index (κ1) is 16.3. The van der Waals surface area contributed by atoms with Crippen LogP contribution in [0.5, 0.6) is 0 Å². The highest BCUT2D eigenvalue weighted by Gasteiger charge is 2.33. The second kappa shape index (κ2) is 6.66. The van der Waals surface area contributed by atoms with Crippen LogP contribution >= 0.6 is 11.8 Å². The van der Waals surface area contributed by atoms with Crippen LogP contribution in [-0.2, 0) is 29.8 Å². The van der Waals surface area contributed by atoms with E-state index < -0.39 is 0 Å². The maximum atomic E-state index is 12.6. The summed E-state index contributed by atoms with van der Waals surface area (Å²) in [6.45, 7) is 1.04. The standard InChI is InChI=1S/C18H21N5O2S/c24-17-6-11-9-26-5-4-13(11)22-23(17)16-8-25-7-15(16)21-18-12-2-1-3-14(12)19-10-20-18/h6,10,15-16H,1-5,7-9H2,(H,19,20,21). The molecule has 4 heterocycles. The summed E-state index contributed by atoms with van der Waals surface area (Å²) in [5, 5.41) is 8.21. The third-order valence-electron chi connectivity index (χ3n) is 5.43. The van der Waals surface area contributed by atoms with Crippen LogP contribution in [0.15, 0.2) is 17.2 Å². The number of nitrogens with zero attached hydrogens (tertiary/aromatic N) is 4. The summed E-state index contributed by atoms with van der Waals surface area (Å²) < 4.78 is 7.33. The molecule has 5 rings (SSSR count). The summed E-state index contributed by atoms with van der Waals surface area (Å²) in [4.78, 5) is 21.5. The van der Waals surface area contributed by atoms with Crippen molar-refractivity contribution < 1.29 is 4.74 Å². The molecule has 2 unspecified atom stereocenters. The van der Waals surface area contributed by atoms with Crippen molar-refractivity contribution in [3.63, 3.8) is 0 Å². The summed E-state index contributed by atoms with van der Waals surface area (Å²) in [6, 6.07) is 1.62. The molecule has 0 saturated carbocycles. The smallest absolute Gasteiger partial charge is 0.267 e. The van der Waals surface area contributed by atoms with E-state index >= 15 is 0 Å². The van der Waals surface area contributed by atoms with Crippen molar-refractivity contribution in [3.05, 3.63) is 45.3 Å². The van der Waals surface area contributed by atoms with Crippen molar-refractivity contribution in [2.75, 3.05) is 24.3 Å². The molecule has 0 bridgehead atoms. The number of hydrogen-bond acceptors (Lipinski definition) is 7. The number of anilines is 1. The van der Waals surface area contributed by atoms with Gasteiger partial charge in [-0.05, 0) is 30.6 Å². The predicted octanol–water partition coefficient (Wildman–Crippen LogP) is 1.36. The fraction of sp³-hybridized carbons (Fsp3) is 0.556. The first-order valence-electron chi connectivity index (χ1n) is 9.16. The van der Waals surface area contributed by atoms with Crippen LogP contribution in [-0.4, -0.2) is 44.8 Å². The Morgan fingerprint density at radius 2 is 2.15 bits per heavy atom. The fourth-order valence-corrected chi connectivity index (χ4v) is 5.00. The zero-order valence-electron chi connectivity index (χ0n) is 14.5. The number of thioether (sulfide) groups is 1. The van der Waals surface area contributed by atoms with Crippen molar-refractivity contribution >= 4 is 17.6 Å². The number of nitrogens with one attached hydrogen (secondary N) is 1. The monoisotopic (exact) mass is 371 g/mol. The highest BCUT2D eigenvalue weighted by atomic mass is 32.2. The minimum absolute atomic E-state index is 0.0178. The Labute approximate surface area is 155 Å². The number of hydrogen-bond donors (Lipinski definition) is 1. The lowest BCUT2D eigenvalue weighted by atomic mass is 10.1. The van der Waals surface area contributed by atoms with Crippen molar-refractivity contribution in [2.45, 2.75) is 43.5 Å². The van der Waals surface area contributed by atoms with E-state index in [-0.39, 0.29) is 17.6 Å². The quantitative estimate of drug-likeness (QED) is 0.872. The zero-order valence-corrected chi connectivity index (χ0v) is 15.3. The molecule has 2 atom stereocenters. The molecule has 1 fully saturated rings. The van der Waals surface area contributed by atoms with E-state index in [1.165, 1.54) is 5.56 Å². The van der Waals surface area contributed by atoms with Gasteiger partial charge in [0.05, 0.1) is 24.9 Å². The van der Waals surface area contributed by atoms with E-state index in [1.54, 1.807) is 17.1 Å². The van der Waals surface area contributed by atoms with Gasteiger partial charge < -0.3 is 10.1 Å². The molecule has 1 N–H and O–H groups in total. The molecule has 0 aromatic carbocycles. The number of aromatic nitrogens is 4. The Kier molecular flexibility index (Phi) is 4.17. The Hall–Kier alpha value is -1.93. The van der Waals surface area contributed by atoms with E-state index in [1.807, 2.05) is 11.8 Å². The molecule has 26 heavy (non-hydrogen) atoms. The Bertz CT molecular complexity index is 900. The minimum Gasteiger partial charge on any atom is -0.377 e. The van der Waals surface area contributed by atoms with Gasteiger partial charge in [-0.15, -0.1) is 0 Å². The second-order valence-electron chi connectivity index (χ2n) is 7.06. The zero-order chi connectivity index (χ0) is 17.5. The van der Waals surface area contributed by atoms with Crippen molar-refractivity contribution in [2.24, 2.45) is 0 Å². The van der Waals surface area contributed by atoms with E-state index in [0.717, 1.165) is 60.0 Å². The molecule has 2 aliphatic heterocycles. The molecule has 0 amide bonds. The van der Waals surface area contributed by atoms with E-state index in [9.17, 15) is 4.79 Å². The Morgan fingerprint density at radius 3 is 3.12 bits per heavy atom. The topological polar surface area (TPSA) is 81.9 Å². The van der Waals surface area contributed by atoms with Crippen LogP contribution in [0.1, 0.15) is 35.0 Å². The third-order valence-corrected chi connectivity index (χ3v) is 6.43. The van der Waals surface area contributed by atoms with Gasteiger partial charge in [-0.3, -0.25) is 4.79 Å². The summed E-state index contributed by atoms with van der Waals surface area (Å²) >= 11 is 1.86. The van der Waals surface area contributed by atoms with Gasteiger partial charge in [0.1, 0.15) is 18.2 Å². The van der Waals surface area contributed by atoms with Crippen LogP contribution in [0, 0.1) is 0 Å². The number of ether oxygens (including phenoxy) is 1. The minimum atomic E-state index is -0.116. The van der Waals surface area contributed by atoms with Crippen molar-refractivity contribution in [3.8, 4) is 0 Å². The summed E-state index contributed by atoms with van der Waals surface area (Å²) in [7, 11) is 0. The third kappa shape index (κ3) is 2.81. The molecule has 2 aromatic rings. The molecule has 0 radical (unpaired) electrons. The molecular weight excluding hydrogens is 350 g/mol. The van der Waals surface area contributed by atoms with Crippen molar-refractivity contribution in [1.29, 1.82) is 0 Å². The number of fused-ring (bicyclic) bond motifs is 2. The van der Waals surface area contributed by atoms with E-state index in [2.05, 4.69) is 15.3 Å². The molecule has 1 aliphatic carbocycles. The number of aryl methyl sites for hydroxylation is 2. The lowest BCUT2D eigenvalue weighted by Crippen LogP contribution is -2.38. The van der Waals surface area contributed by atoms with Crippen LogP contribution < -0.4 is 10.9 Å². The molecule has 1 saturated heterocycles. The highest BCUT2D eigenvalue weighted by molar-refractivity contribution is 7.98. The summed E-state index contributed by atoms with van der Waals surface area (Å²) in [5.74, 6) is 2.83. The fourth-order valence-electron chi connectivity index (χ4n) is 4.05. The van der Waals surface area contributed by atoms with Gasteiger partial charge in [-0.2, -0.15) is 16.9 Å². The normalized spacial score (nSPS) is 24.3. The molecule has 7 nitrogen and oxygen atoms in total. The van der Waals surface area contributed by atoms with Crippen LogP contribution in [0.3, 0.4) is 0 Å². The van der Waals surface area contributed by atoms with E-state index in [0.29, 0.717) is 13.2 Å². The molecule has 136 valence electrons.